The Hall–Kier alpha value is -4.32. The molecule has 3 N–H and O–H groups in total. The standard InChI is InChI=1S/C20H15N3O6/c1-28-11-5-7-12(8-6-11)29-15-4-2-3-13-17(15)14(9-21)23-18(19(13)26)20(27)22-10-16(24)25/h2-8,26H,10H2,1H3,(H,22,27)(H,24,25). The highest BCUT2D eigenvalue weighted by molar-refractivity contribution is 6.05. The van der Waals surface area contributed by atoms with Crippen LogP contribution >= 0.6 is 0 Å². The van der Waals surface area contributed by atoms with Crippen LogP contribution in [0.1, 0.15) is 16.2 Å². The number of aliphatic carboxylic acids is 1. The van der Waals surface area contributed by atoms with Crippen molar-refractivity contribution in [2.45, 2.75) is 0 Å². The van der Waals surface area contributed by atoms with Crippen molar-refractivity contribution in [3.8, 4) is 29.1 Å². The van der Waals surface area contributed by atoms with Gasteiger partial charge in [-0.3, -0.25) is 9.59 Å². The lowest BCUT2D eigenvalue weighted by Gasteiger charge is -2.13. The van der Waals surface area contributed by atoms with Gasteiger partial charge in [0.25, 0.3) is 5.91 Å². The van der Waals surface area contributed by atoms with Gasteiger partial charge in [-0.25, -0.2) is 4.98 Å². The third kappa shape index (κ3) is 4.01. The molecule has 0 aliphatic rings. The van der Waals surface area contributed by atoms with Crippen molar-refractivity contribution in [1.82, 2.24) is 10.3 Å². The number of pyridine rings is 1. The Kier molecular flexibility index (Phi) is 5.46. The predicted octanol–water partition coefficient (Wildman–Crippen LogP) is 2.43. The van der Waals surface area contributed by atoms with Crippen LogP contribution in [0.15, 0.2) is 42.5 Å². The van der Waals surface area contributed by atoms with Crippen molar-refractivity contribution in [3.63, 3.8) is 0 Å². The number of hydrogen-bond acceptors (Lipinski definition) is 7. The second-order valence-electron chi connectivity index (χ2n) is 5.80. The van der Waals surface area contributed by atoms with Crippen molar-refractivity contribution in [3.05, 3.63) is 53.9 Å². The van der Waals surface area contributed by atoms with Gasteiger partial charge in [-0.15, -0.1) is 0 Å². The molecule has 0 saturated heterocycles. The van der Waals surface area contributed by atoms with E-state index in [0.29, 0.717) is 11.5 Å². The second-order valence-corrected chi connectivity index (χ2v) is 5.80. The summed E-state index contributed by atoms with van der Waals surface area (Å²) >= 11 is 0. The molecule has 0 saturated carbocycles. The highest BCUT2D eigenvalue weighted by Gasteiger charge is 2.22. The van der Waals surface area contributed by atoms with Crippen LogP contribution in [-0.2, 0) is 4.79 Å². The van der Waals surface area contributed by atoms with Crippen LogP contribution < -0.4 is 14.8 Å². The Bertz CT molecular complexity index is 1140. The Labute approximate surface area is 164 Å². The van der Waals surface area contributed by atoms with Gasteiger partial charge in [0.2, 0.25) is 0 Å². The lowest BCUT2D eigenvalue weighted by molar-refractivity contribution is -0.135. The van der Waals surface area contributed by atoms with E-state index in [2.05, 4.69) is 10.3 Å². The number of carbonyl (C=O) groups excluding carboxylic acids is 1. The number of ether oxygens (including phenoxy) is 2. The summed E-state index contributed by atoms with van der Waals surface area (Å²) in [4.78, 5) is 26.7. The minimum atomic E-state index is -1.26. The van der Waals surface area contributed by atoms with Crippen LogP contribution in [0.4, 0.5) is 0 Å². The molecule has 0 bridgehead atoms. The van der Waals surface area contributed by atoms with E-state index in [9.17, 15) is 20.0 Å². The molecule has 0 fully saturated rings. The third-order valence-electron chi connectivity index (χ3n) is 3.97. The molecule has 1 heterocycles. The van der Waals surface area contributed by atoms with Gasteiger partial charge < -0.3 is 25.0 Å². The molecule has 0 aliphatic carbocycles. The summed E-state index contributed by atoms with van der Waals surface area (Å²) in [5, 5.41) is 31.2. The van der Waals surface area contributed by atoms with Gasteiger partial charge in [-0.2, -0.15) is 5.26 Å². The first-order valence-corrected chi connectivity index (χ1v) is 8.32. The third-order valence-corrected chi connectivity index (χ3v) is 3.97. The molecule has 3 aromatic rings. The monoisotopic (exact) mass is 393 g/mol. The maximum atomic E-state index is 12.2. The van der Waals surface area contributed by atoms with E-state index >= 15 is 0 Å². The lowest BCUT2D eigenvalue weighted by Crippen LogP contribution is -2.30. The fourth-order valence-electron chi connectivity index (χ4n) is 2.66. The molecular formula is C20H15N3O6. The molecule has 0 radical (unpaired) electrons. The molecule has 2 aromatic carbocycles. The van der Waals surface area contributed by atoms with Gasteiger partial charge in [0, 0.05) is 5.39 Å². The number of carboxylic acid groups (broad SMARTS) is 1. The average molecular weight is 393 g/mol. The minimum absolute atomic E-state index is 0.151. The fourth-order valence-corrected chi connectivity index (χ4v) is 2.66. The molecule has 146 valence electrons. The van der Waals surface area contributed by atoms with Gasteiger partial charge >= 0.3 is 5.97 Å². The second kappa shape index (κ2) is 8.14. The number of aromatic nitrogens is 1. The fraction of sp³-hybridized carbons (Fsp3) is 0.100. The summed E-state index contributed by atoms with van der Waals surface area (Å²) in [7, 11) is 1.54. The number of rotatable bonds is 6. The van der Waals surface area contributed by atoms with Crippen LogP contribution in [-0.4, -0.2) is 40.7 Å². The molecule has 1 aromatic heterocycles. The SMILES string of the molecule is COc1ccc(Oc2cccc3c(O)c(C(=O)NCC(=O)O)nc(C#N)c23)cc1. The highest BCUT2D eigenvalue weighted by Crippen LogP contribution is 2.37. The van der Waals surface area contributed by atoms with Crippen LogP contribution in [0, 0.1) is 11.3 Å². The quantitative estimate of drug-likeness (QED) is 0.580. The van der Waals surface area contributed by atoms with E-state index in [1.807, 2.05) is 6.07 Å². The molecule has 0 aliphatic heterocycles. The zero-order chi connectivity index (χ0) is 21.0. The summed E-state index contributed by atoms with van der Waals surface area (Å²) in [6, 6.07) is 13.3. The summed E-state index contributed by atoms with van der Waals surface area (Å²) < 4.78 is 10.9. The number of carbonyl (C=O) groups is 2. The molecule has 9 heteroatoms. The van der Waals surface area contributed by atoms with Crippen LogP contribution in [0.5, 0.6) is 23.0 Å². The summed E-state index contributed by atoms with van der Waals surface area (Å²) in [6.45, 7) is -0.652. The Morgan fingerprint density at radius 1 is 1.17 bits per heavy atom. The van der Waals surface area contributed by atoms with E-state index < -0.39 is 29.9 Å². The van der Waals surface area contributed by atoms with Gasteiger partial charge in [0.1, 0.15) is 29.9 Å². The predicted molar refractivity (Wildman–Crippen MR) is 101 cm³/mol. The first kappa shape index (κ1) is 19.4. The number of nitrogens with zero attached hydrogens (tertiary/aromatic N) is 2. The zero-order valence-corrected chi connectivity index (χ0v) is 15.2. The van der Waals surface area contributed by atoms with Gasteiger partial charge in [0.15, 0.2) is 17.1 Å². The molecule has 0 unspecified atom stereocenters. The maximum absolute atomic E-state index is 12.2. The van der Waals surface area contributed by atoms with E-state index in [4.69, 9.17) is 14.6 Å². The number of nitrogens with one attached hydrogen (secondary N) is 1. The Morgan fingerprint density at radius 3 is 2.48 bits per heavy atom. The Morgan fingerprint density at radius 2 is 1.86 bits per heavy atom. The number of methoxy groups -OCH3 is 1. The maximum Gasteiger partial charge on any atom is 0.322 e. The smallest absolute Gasteiger partial charge is 0.322 e. The number of aromatic hydroxyl groups is 1. The Balaban J connectivity index is 2.07. The molecule has 0 spiro atoms. The van der Waals surface area contributed by atoms with Gasteiger partial charge in [0.05, 0.1) is 12.5 Å². The highest BCUT2D eigenvalue weighted by atomic mass is 16.5. The van der Waals surface area contributed by atoms with Gasteiger partial charge in [-0.1, -0.05) is 12.1 Å². The van der Waals surface area contributed by atoms with E-state index in [-0.39, 0.29) is 22.2 Å². The summed E-state index contributed by atoms with van der Waals surface area (Å²) in [6.07, 6.45) is 0. The molecule has 1 amide bonds. The van der Waals surface area contributed by atoms with Crippen LogP contribution in [0.25, 0.3) is 10.8 Å². The van der Waals surface area contributed by atoms with Crippen LogP contribution in [0.3, 0.4) is 0 Å². The molecular weight excluding hydrogens is 378 g/mol. The van der Waals surface area contributed by atoms with Crippen LogP contribution in [0.2, 0.25) is 0 Å². The van der Waals surface area contributed by atoms with Crippen molar-refractivity contribution in [1.29, 1.82) is 5.26 Å². The molecule has 3 rings (SSSR count). The first-order chi connectivity index (χ1) is 13.9. The zero-order valence-electron chi connectivity index (χ0n) is 15.2. The summed E-state index contributed by atoms with van der Waals surface area (Å²) in [5.41, 5.74) is -0.598. The molecule has 0 atom stereocenters. The average Bonchev–Trinajstić information content (AvgIpc) is 2.73. The minimum Gasteiger partial charge on any atom is -0.505 e. The van der Waals surface area contributed by atoms with E-state index in [1.54, 1.807) is 43.5 Å². The molecule has 29 heavy (non-hydrogen) atoms. The normalized spacial score (nSPS) is 10.2. The lowest BCUT2D eigenvalue weighted by atomic mass is 10.1. The van der Waals surface area contributed by atoms with E-state index in [0.717, 1.165) is 0 Å². The molecule has 9 nitrogen and oxygen atoms in total. The first-order valence-electron chi connectivity index (χ1n) is 8.32. The topological polar surface area (TPSA) is 142 Å². The number of hydrogen-bond donors (Lipinski definition) is 3. The summed E-state index contributed by atoms with van der Waals surface area (Å²) in [5.74, 6) is -1.29. The number of fused-ring (bicyclic) bond motifs is 1. The number of nitriles is 1. The van der Waals surface area contributed by atoms with Crippen molar-refractivity contribution >= 4 is 22.6 Å². The van der Waals surface area contributed by atoms with Crippen molar-refractivity contribution in [2.75, 3.05) is 13.7 Å². The van der Waals surface area contributed by atoms with Gasteiger partial charge in [-0.05, 0) is 30.3 Å². The van der Waals surface area contributed by atoms with Crippen molar-refractivity contribution in [2.24, 2.45) is 0 Å². The number of amides is 1. The number of benzene rings is 2. The van der Waals surface area contributed by atoms with E-state index in [1.165, 1.54) is 6.07 Å². The van der Waals surface area contributed by atoms with Crippen molar-refractivity contribution < 1.29 is 29.3 Å². The number of carboxylic acids is 1. The largest absolute Gasteiger partial charge is 0.505 e.